The summed E-state index contributed by atoms with van der Waals surface area (Å²) in [4.78, 5) is 27.2. The quantitative estimate of drug-likeness (QED) is 0.781. The number of ether oxygens (including phenoxy) is 2. The van der Waals surface area contributed by atoms with Crippen molar-refractivity contribution >= 4 is 11.8 Å². The fourth-order valence-corrected chi connectivity index (χ4v) is 3.54. The van der Waals surface area contributed by atoms with Crippen molar-refractivity contribution in [2.45, 2.75) is 26.3 Å². The van der Waals surface area contributed by atoms with Crippen molar-refractivity contribution in [2.24, 2.45) is 5.41 Å². The molecule has 6 heteroatoms. The summed E-state index contributed by atoms with van der Waals surface area (Å²) in [5.41, 5.74) is 0.462. The highest BCUT2D eigenvalue weighted by Gasteiger charge is 2.39. The molecule has 0 radical (unpaired) electrons. The first-order valence-corrected chi connectivity index (χ1v) is 9.87. The molecule has 29 heavy (non-hydrogen) atoms. The number of hydrogen-bond acceptors (Lipinski definition) is 4. The van der Waals surface area contributed by atoms with Crippen LogP contribution in [0.25, 0.3) is 0 Å². The molecule has 0 unspecified atom stereocenters. The molecule has 154 valence electrons. The zero-order valence-electron chi connectivity index (χ0n) is 17.0. The van der Waals surface area contributed by atoms with Crippen molar-refractivity contribution in [3.63, 3.8) is 0 Å². The van der Waals surface area contributed by atoms with Crippen molar-refractivity contribution in [1.82, 2.24) is 10.2 Å². The van der Waals surface area contributed by atoms with E-state index >= 15 is 0 Å². The second-order valence-electron chi connectivity index (χ2n) is 7.61. The van der Waals surface area contributed by atoms with Crippen LogP contribution in [0, 0.1) is 5.41 Å². The van der Waals surface area contributed by atoms with Gasteiger partial charge in [-0.3, -0.25) is 9.59 Å². The van der Waals surface area contributed by atoms with E-state index in [0.717, 1.165) is 24.2 Å². The standard InChI is InChI=1S/C23H28N2O4/c1-23(22(27)24-15-18-7-4-3-5-8-18)13-6-14-25(17-23)21(26)16-29-20-11-9-19(28-2)10-12-20/h3-5,7-12H,6,13-17H2,1-2H3,(H,24,27)/t23-/m1/s1. The Labute approximate surface area is 171 Å². The van der Waals surface area contributed by atoms with Gasteiger partial charge in [-0.25, -0.2) is 0 Å². The predicted octanol–water partition coefficient (Wildman–Crippen LogP) is 3.02. The maximum Gasteiger partial charge on any atom is 0.260 e. The third-order valence-corrected chi connectivity index (χ3v) is 5.31. The van der Waals surface area contributed by atoms with E-state index in [-0.39, 0.29) is 18.4 Å². The lowest BCUT2D eigenvalue weighted by molar-refractivity contribution is -0.142. The molecule has 0 aliphatic carbocycles. The molecule has 0 spiro atoms. The first kappa shape index (κ1) is 20.7. The van der Waals surface area contributed by atoms with Gasteiger partial charge in [-0.05, 0) is 49.6 Å². The lowest BCUT2D eigenvalue weighted by Gasteiger charge is -2.39. The zero-order valence-corrected chi connectivity index (χ0v) is 17.0. The van der Waals surface area contributed by atoms with E-state index in [1.54, 1.807) is 36.3 Å². The molecule has 2 aromatic rings. The van der Waals surface area contributed by atoms with Gasteiger partial charge in [0, 0.05) is 19.6 Å². The van der Waals surface area contributed by atoms with Gasteiger partial charge in [-0.15, -0.1) is 0 Å². The number of benzene rings is 2. The van der Waals surface area contributed by atoms with Crippen molar-refractivity contribution in [3.8, 4) is 11.5 Å². The zero-order chi connectivity index (χ0) is 20.7. The van der Waals surface area contributed by atoms with Gasteiger partial charge < -0.3 is 19.7 Å². The summed E-state index contributed by atoms with van der Waals surface area (Å²) in [6, 6.07) is 16.9. The Hall–Kier alpha value is -3.02. The van der Waals surface area contributed by atoms with E-state index < -0.39 is 5.41 Å². The third kappa shape index (κ3) is 5.50. The van der Waals surface area contributed by atoms with Crippen LogP contribution in [-0.2, 0) is 16.1 Å². The van der Waals surface area contributed by atoms with Crippen LogP contribution in [0.4, 0.5) is 0 Å². The van der Waals surface area contributed by atoms with E-state index in [0.29, 0.717) is 25.4 Å². The molecule has 1 fully saturated rings. The number of piperidine rings is 1. The molecule has 0 saturated carbocycles. The van der Waals surface area contributed by atoms with Crippen molar-refractivity contribution < 1.29 is 19.1 Å². The number of rotatable bonds is 7. The minimum atomic E-state index is -0.594. The number of nitrogens with zero attached hydrogens (tertiary/aromatic N) is 1. The first-order chi connectivity index (χ1) is 14.0. The van der Waals surface area contributed by atoms with Crippen LogP contribution < -0.4 is 14.8 Å². The number of amides is 2. The molecule has 1 saturated heterocycles. The molecule has 0 bridgehead atoms. The highest BCUT2D eigenvalue weighted by Crippen LogP contribution is 2.30. The van der Waals surface area contributed by atoms with Gasteiger partial charge in [0.2, 0.25) is 5.91 Å². The average Bonchev–Trinajstić information content (AvgIpc) is 2.76. The summed E-state index contributed by atoms with van der Waals surface area (Å²) in [5.74, 6) is 1.22. The first-order valence-electron chi connectivity index (χ1n) is 9.87. The number of nitrogens with one attached hydrogen (secondary N) is 1. The SMILES string of the molecule is COc1ccc(OCC(=O)N2CCC[C@@](C)(C(=O)NCc3ccccc3)C2)cc1. The van der Waals surface area contributed by atoms with Crippen molar-refractivity contribution in [2.75, 3.05) is 26.8 Å². The molecule has 2 amide bonds. The van der Waals surface area contributed by atoms with Crippen LogP contribution in [0.15, 0.2) is 54.6 Å². The van der Waals surface area contributed by atoms with Gasteiger partial charge in [-0.2, -0.15) is 0 Å². The minimum absolute atomic E-state index is 0.0186. The third-order valence-electron chi connectivity index (χ3n) is 5.31. The van der Waals surface area contributed by atoms with E-state index in [1.165, 1.54) is 0 Å². The van der Waals surface area contributed by atoms with E-state index in [2.05, 4.69) is 5.32 Å². The van der Waals surface area contributed by atoms with Gasteiger partial charge in [0.25, 0.3) is 5.91 Å². The maximum atomic E-state index is 12.8. The topological polar surface area (TPSA) is 67.9 Å². The second kappa shape index (κ2) is 9.45. The van der Waals surface area contributed by atoms with Gasteiger partial charge in [0.05, 0.1) is 12.5 Å². The smallest absolute Gasteiger partial charge is 0.260 e. The normalized spacial score (nSPS) is 18.8. The van der Waals surface area contributed by atoms with Crippen LogP contribution in [0.5, 0.6) is 11.5 Å². The predicted molar refractivity (Wildman–Crippen MR) is 111 cm³/mol. The van der Waals surface area contributed by atoms with Crippen LogP contribution >= 0.6 is 0 Å². The fraction of sp³-hybridized carbons (Fsp3) is 0.391. The molecular formula is C23H28N2O4. The van der Waals surface area contributed by atoms with Gasteiger partial charge in [-0.1, -0.05) is 30.3 Å². The summed E-state index contributed by atoms with van der Waals surface area (Å²) in [7, 11) is 1.60. The molecule has 1 atom stereocenters. The lowest BCUT2D eigenvalue weighted by atomic mass is 9.81. The van der Waals surface area contributed by atoms with E-state index in [4.69, 9.17) is 9.47 Å². The summed E-state index contributed by atoms with van der Waals surface area (Å²) in [6.07, 6.45) is 1.56. The van der Waals surface area contributed by atoms with Gasteiger partial charge in [0.15, 0.2) is 6.61 Å². The number of likely N-dealkylation sites (tertiary alicyclic amines) is 1. The largest absolute Gasteiger partial charge is 0.497 e. The fourth-order valence-electron chi connectivity index (χ4n) is 3.54. The molecule has 6 nitrogen and oxygen atoms in total. The van der Waals surface area contributed by atoms with Crippen LogP contribution in [-0.4, -0.2) is 43.5 Å². The Morgan fingerprint density at radius 3 is 2.45 bits per heavy atom. The van der Waals surface area contributed by atoms with Crippen LogP contribution in [0.3, 0.4) is 0 Å². The molecule has 0 aromatic heterocycles. The molecular weight excluding hydrogens is 368 g/mol. The van der Waals surface area contributed by atoms with Crippen LogP contribution in [0.2, 0.25) is 0 Å². The Bertz CT molecular complexity index is 823. The van der Waals surface area contributed by atoms with E-state index in [9.17, 15) is 9.59 Å². The Balaban J connectivity index is 1.52. The van der Waals surface area contributed by atoms with Crippen molar-refractivity contribution in [1.29, 1.82) is 0 Å². The molecule has 1 aliphatic heterocycles. The minimum Gasteiger partial charge on any atom is -0.497 e. The molecule has 1 aliphatic rings. The highest BCUT2D eigenvalue weighted by atomic mass is 16.5. The monoisotopic (exact) mass is 396 g/mol. The molecule has 1 heterocycles. The van der Waals surface area contributed by atoms with Crippen LogP contribution in [0.1, 0.15) is 25.3 Å². The summed E-state index contributed by atoms with van der Waals surface area (Å²) in [6.45, 7) is 3.42. The molecule has 2 aromatic carbocycles. The summed E-state index contributed by atoms with van der Waals surface area (Å²) in [5, 5.41) is 3.02. The van der Waals surface area contributed by atoms with Gasteiger partial charge >= 0.3 is 0 Å². The van der Waals surface area contributed by atoms with Gasteiger partial charge in [0.1, 0.15) is 11.5 Å². The Morgan fingerprint density at radius 2 is 1.76 bits per heavy atom. The number of carbonyl (C=O) groups excluding carboxylic acids is 2. The molecule has 1 N–H and O–H groups in total. The Morgan fingerprint density at radius 1 is 1.07 bits per heavy atom. The second-order valence-corrected chi connectivity index (χ2v) is 7.61. The van der Waals surface area contributed by atoms with E-state index in [1.807, 2.05) is 37.3 Å². The summed E-state index contributed by atoms with van der Waals surface area (Å²) < 4.78 is 10.7. The lowest BCUT2D eigenvalue weighted by Crippen LogP contribution is -2.52. The highest BCUT2D eigenvalue weighted by molar-refractivity contribution is 5.84. The van der Waals surface area contributed by atoms with Crippen molar-refractivity contribution in [3.05, 3.63) is 60.2 Å². The number of hydrogen-bond donors (Lipinski definition) is 1. The number of methoxy groups -OCH3 is 1. The Kier molecular flexibility index (Phi) is 6.75. The maximum absolute atomic E-state index is 12.8. The summed E-state index contributed by atoms with van der Waals surface area (Å²) >= 11 is 0. The number of carbonyl (C=O) groups is 2. The average molecular weight is 396 g/mol. The molecule has 3 rings (SSSR count).